The number of aromatic carboxylic acids is 1. The van der Waals surface area contributed by atoms with E-state index in [1.807, 2.05) is 6.07 Å². The van der Waals surface area contributed by atoms with E-state index in [2.05, 4.69) is 25.7 Å². The molecule has 3 atom stereocenters. The highest BCUT2D eigenvalue weighted by molar-refractivity contribution is 6.31. The van der Waals surface area contributed by atoms with Gasteiger partial charge in [0.2, 0.25) is 0 Å². The molecule has 4 heteroatoms. The third-order valence-corrected chi connectivity index (χ3v) is 4.75. The molecule has 110 valence electrons. The fourth-order valence-corrected chi connectivity index (χ4v) is 3.31. The number of hydrogen-bond donors (Lipinski definition) is 1. The van der Waals surface area contributed by atoms with Gasteiger partial charge in [0, 0.05) is 24.2 Å². The summed E-state index contributed by atoms with van der Waals surface area (Å²) in [7, 11) is 0. The summed E-state index contributed by atoms with van der Waals surface area (Å²) < 4.78 is 0. The number of rotatable bonds is 3. The third-order valence-electron chi connectivity index (χ3n) is 4.39. The molecule has 0 aromatic heterocycles. The molecule has 1 heterocycles. The minimum absolute atomic E-state index is 0.243. The van der Waals surface area contributed by atoms with Crippen LogP contribution in [0.5, 0.6) is 0 Å². The molecule has 0 bridgehead atoms. The first-order valence-electron chi connectivity index (χ1n) is 7.14. The van der Waals surface area contributed by atoms with E-state index in [4.69, 9.17) is 16.7 Å². The van der Waals surface area contributed by atoms with Crippen LogP contribution in [0.1, 0.15) is 43.1 Å². The largest absolute Gasteiger partial charge is 0.478 e. The van der Waals surface area contributed by atoms with Gasteiger partial charge in [0.15, 0.2) is 0 Å². The van der Waals surface area contributed by atoms with E-state index in [1.54, 1.807) is 12.1 Å². The predicted octanol–water partition coefficient (Wildman–Crippen LogP) is 3.90. The van der Waals surface area contributed by atoms with Gasteiger partial charge in [-0.1, -0.05) is 31.5 Å². The molecule has 1 aromatic carbocycles. The van der Waals surface area contributed by atoms with Crippen LogP contribution in [0.3, 0.4) is 0 Å². The molecule has 3 nitrogen and oxygen atoms in total. The number of hydrogen-bond acceptors (Lipinski definition) is 2. The van der Waals surface area contributed by atoms with Crippen molar-refractivity contribution in [2.75, 3.05) is 6.54 Å². The number of halogens is 1. The maximum Gasteiger partial charge on any atom is 0.335 e. The van der Waals surface area contributed by atoms with Crippen LogP contribution in [-0.2, 0) is 6.54 Å². The molecule has 20 heavy (non-hydrogen) atoms. The van der Waals surface area contributed by atoms with E-state index < -0.39 is 5.97 Å². The van der Waals surface area contributed by atoms with Crippen LogP contribution in [0.15, 0.2) is 18.2 Å². The monoisotopic (exact) mass is 295 g/mol. The Morgan fingerprint density at radius 2 is 2.10 bits per heavy atom. The lowest BCUT2D eigenvalue weighted by atomic mass is 9.86. The highest BCUT2D eigenvalue weighted by Crippen LogP contribution is 2.29. The van der Waals surface area contributed by atoms with Crippen LogP contribution in [-0.4, -0.2) is 28.6 Å². The first kappa shape index (κ1) is 15.3. The van der Waals surface area contributed by atoms with E-state index in [0.29, 0.717) is 22.9 Å². The Hall–Kier alpha value is -1.06. The molecular formula is C16H22ClNO2. The first-order valence-corrected chi connectivity index (χ1v) is 7.52. The van der Waals surface area contributed by atoms with Crippen LogP contribution < -0.4 is 0 Å². The van der Waals surface area contributed by atoms with E-state index in [-0.39, 0.29) is 5.56 Å². The summed E-state index contributed by atoms with van der Waals surface area (Å²) in [5, 5.41) is 9.51. The topological polar surface area (TPSA) is 40.5 Å². The number of nitrogens with zero attached hydrogens (tertiary/aromatic N) is 1. The van der Waals surface area contributed by atoms with Crippen molar-refractivity contribution in [2.45, 2.75) is 39.8 Å². The molecule has 2 rings (SSSR count). The molecule has 1 fully saturated rings. The molecule has 0 spiro atoms. The summed E-state index contributed by atoms with van der Waals surface area (Å²) >= 11 is 6.22. The van der Waals surface area contributed by atoms with Crippen LogP contribution >= 0.6 is 11.6 Å². The zero-order valence-electron chi connectivity index (χ0n) is 12.3. The fourth-order valence-electron chi connectivity index (χ4n) is 3.07. The average Bonchev–Trinajstić information content (AvgIpc) is 2.37. The SMILES string of the molecule is CC1CC(C)C(C)N(Cc2ccc(C(=O)O)cc2Cl)C1. The molecule has 0 saturated carbocycles. The van der Waals surface area contributed by atoms with Crippen molar-refractivity contribution in [3.8, 4) is 0 Å². The number of likely N-dealkylation sites (tertiary alicyclic amines) is 1. The molecule has 1 aromatic rings. The second-order valence-corrected chi connectivity index (χ2v) is 6.51. The quantitative estimate of drug-likeness (QED) is 0.919. The third kappa shape index (κ3) is 3.33. The molecule has 1 N–H and O–H groups in total. The lowest BCUT2D eigenvalue weighted by molar-refractivity contribution is 0.0696. The van der Waals surface area contributed by atoms with E-state index in [0.717, 1.165) is 18.7 Å². The Bertz CT molecular complexity index is 503. The van der Waals surface area contributed by atoms with Gasteiger partial charge < -0.3 is 5.11 Å². The van der Waals surface area contributed by atoms with E-state index in [9.17, 15) is 4.79 Å². The maximum absolute atomic E-state index is 10.9. The van der Waals surface area contributed by atoms with Crippen molar-refractivity contribution < 1.29 is 9.90 Å². The number of carboxylic acid groups (broad SMARTS) is 1. The van der Waals surface area contributed by atoms with Crippen molar-refractivity contribution in [3.63, 3.8) is 0 Å². The molecule has 3 unspecified atom stereocenters. The summed E-state index contributed by atoms with van der Waals surface area (Å²) in [5.41, 5.74) is 1.25. The second kappa shape index (κ2) is 6.15. The lowest BCUT2D eigenvalue weighted by Gasteiger charge is -2.41. The van der Waals surface area contributed by atoms with Gasteiger partial charge in [0.05, 0.1) is 5.56 Å². The summed E-state index contributed by atoms with van der Waals surface area (Å²) in [6.07, 6.45) is 1.27. The zero-order valence-corrected chi connectivity index (χ0v) is 13.0. The minimum Gasteiger partial charge on any atom is -0.478 e. The summed E-state index contributed by atoms with van der Waals surface area (Å²) in [6.45, 7) is 8.69. The van der Waals surface area contributed by atoms with Gasteiger partial charge >= 0.3 is 5.97 Å². The zero-order chi connectivity index (χ0) is 14.9. The molecule has 1 saturated heterocycles. The molecule has 0 aliphatic carbocycles. The summed E-state index contributed by atoms with van der Waals surface area (Å²) in [5.74, 6) is 0.432. The number of carbonyl (C=O) groups is 1. The van der Waals surface area contributed by atoms with Crippen molar-refractivity contribution in [1.29, 1.82) is 0 Å². The lowest BCUT2D eigenvalue weighted by Crippen LogP contribution is -2.45. The molecule has 1 aliphatic heterocycles. The van der Waals surface area contributed by atoms with Gasteiger partial charge in [-0.25, -0.2) is 4.79 Å². The summed E-state index contributed by atoms with van der Waals surface area (Å²) in [6, 6.07) is 5.54. The Kier molecular flexibility index (Phi) is 4.71. The first-order chi connectivity index (χ1) is 9.38. The predicted molar refractivity (Wildman–Crippen MR) is 81.2 cm³/mol. The second-order valence-electron chi connectivity index (χ2n) is 6.10. The minimum atomic E-state index is -0.938. The smallest absolute Gasteiger partial charge is 0.335 e. The van der Waals surface area contributed by atoms with Gasteiger partial charge in [-0.05, 0) is 42.9 Å². The van der Waals surface area contributed by atoms with Gasteiger partial charge in [0.1, 0.15) is 0 Å². The van der Waals surface area contributed by atoms with E-state index in [1.165, 1.54) is 6.42 Å². The van der Waals surface area contributed by atoms with Crippen molar-refractivity contribution in [1.82, 2.24) is 4.90 Å². The van der Waals surface area contributed by atoms with E-state index >= 15 is 0 Å². The normalized spacial score (nSPS) is 27.5. The molecular weight excluding hydrogens is 274 g/mol. The number of piperidine rings is 1. The molecule has 0 amide bonds. The summed E-state index contributed by atoms with van der Waals surface area (Å²) in [4.78, 5) is 13.4. The van der Waals surface area contributed by atoms with Gasteiger partial charge in [0.25, 0.3) is 0 Å². The van der Waals surface area contributed by atoms with Crippen LogP contribution in [0.25, 0.3) is 0 Å². The standard InChI is InChI=1S/C16H22ClNO2/c1-10-6-11(2)12(3)18(8-10)9-14-5-4-13(16(19)20)7-15(14)17/h4-5,7,10-12H,6,8-9H2,1-3H3,(H,19,20). The van der Waals surface area contributed by atoms with Crippen LogP contribution in [0.4, 0.5) is 0 Å². The van der Waals surface area contributed by atoms with Crippen molar-refractivity contribution in [2.24, 2.45) is 11.8 Å². The van der Waals surface area contributed by atoms with Gasteiger partial charge in [-0.3, -0.25) is 4.90 Å². The average molecular weight is 296 g/mol. The van der Waals surface area contributed by atoms with Crippen LogP contribution in [0, 0.1) is 11.8 Å². The van der Waals surface area contributed by atoms with Crippen molar-refractivity contribution >= 4 is 17.6 Å². The van der Waals surface area contributed by atoms with Crippen LogP contribution in [0.2, 0.25) is 5.02 Å². The van der Waals surface area contributed by atoms with Gasteiger partial charge in [-0.15, -0.1) is 0 Å². The fraction of sp³-hybridized carbons (Fsp3) is 0.562. The Morgan fingerprint density at radius 3 is 2.70 bits per heavy atom. The Labute approximate surface area is 125 Å². The highest BCUT2D eigenvalue weighted by atomic mass is 35.5. The van der Waals surface area contributed by atoms with Gasteiger partial charge in [-0.2, -0.15) is 0 Å². The Balaban J connectivity index is 2.15. The molecule has 1 aliphatic rings. The number of carboxylic acids is 1. The number of benzene rings is 1. The van der Waals surface area contributed by atoms with Crippen molar-refractivity contribution in [3.05, 3.63) is 34.3 Å². The Morgan fingerprint density at radius 1 is 1.40 bits per heavy atom. The maximum atomic E-state index is 10.9. The molecule has 0 radical (unpaired) electrons. The highest BCUT2D eigenvalue weighted by Gasteiger charge is 2.28.